The molecule has 4 amide bonds. The van der Waals surface area contributed by atoms with E-state index >= 15 is 0 Å². The van der Waals surface area contributed by atoms with Crippen LogP contribution in [-0.2, 0) is 19.1 Å². The van der Waals surface area contributed by atoms with Crippen molar-refractivity contribution in [3.8, 4) is 0 Å². The summed E-state index contributed by atoms with van der Waals surface area (Å²) in [6.07, 6.45) is 5.72. The predicted octanol–water partition coefficient (Wildman–Crippen LogP) is 0.757. The van der Waals surface area contributed by atoms with Gasteiger partial charge in [-0.2, -0.15) is 5.01 Å². The van der Waals surface area contributed by atoms with Gasteiger partial charge in [-0.25, -0.2) is 9.59 Å². The zero-order valence-electron chi connectivity index (χ0n) is 15.6. The minimum absolute atomic E-state index is 0.307. The first-order chi connectivity index (χ1) is 12.8. The molecule has 1 heterocycles. The maximum absolute atomic E-state index is 12.7. The highest BCUT2D eigenvalue weighted by Crippen LogP contribution is 2.35. The number of ether oxygens (including phenoxy) is 1. The smallest absolute Gasteiger partial charge is 0.344 e. The van der Waals surface area contributed by atoms with Crippen LogP contribution in [0.1, 0.15) is 64.7 Å². The van der Waals surface area contributed by atoms with Crippen molar-refractivity contribution >= 4 is 23.8 Å². The van der Waals surface area contributed by atoms with Crippen molar-refractivity contribution in [1.29, 1.82) is 0 Å². The number of hydrogen-bond donors (Lipinski definition) is 3. The summed E-state index contributed by atoms with van der Waals surface area (Å²) in [6, 6.07) is -0.680. The molecular weight excluding hydrogens is 354 g/mol. The molecule has 2 saturated carbocycles. The fourth-order valence-electron chi connectivity index (χ4n) is 4.08. The first-order valence-electron chi connectivity index (χ1n) is 9.62. The summed E-state index contributed by atoms with van der Waals surface area (Å²) in [6.45, 7) is 1.44. The van der Waals surface area contributed by atoms with Gasteiger partial charge in [-0.05, 0) is 57.3 Å². The number of hydrogen-bond acceptors (Lipinski definition) is 6. The molecule has 150 valence electrons. The molecule has 0 unspecified atom stereocenters. The maximum Gasteiger partial charge on any atom is 0.344 e. The van der Waals surface area contributed by atoms with Gasteiger partial charge in [0.15, 0.2) is 12.2 Å². The molecule has 27 heavy (non-hydrogen) atoms. The Hall–Kier alpha value is -2.16. The highest BCUT2D eigenvalue weighted by Gasteiger charge is 2.53. The van der Waals surface area contributed by atoms with Crippen molar-refractivity contribution in [2.45, 2.75) is 75.9 Å². The average molecular weight is 381 g/mol. The van der Waals surface area contributed by atoms with E-state index in [-0.39, 0.29) is 0 Å². The number of esters is 1. The highest BCUT2D eigenvalue weighted by atomic mass is 16.6. The molecule has 0 aromatic carbocycles. The minimum atomic E-state index is -1.55. The van der Waals surface area contributed by atoms with E-state index in [4.69, 9.17) is 4.74 Å². The first kappa shape index (κ1) is 19.6. The summed E-state index contributed by atoms with van der Waals surface area (Å²) >= 11 is 0. The van der Waals surface area contributed by atoms with Crippen molar-refractivity contribution < 1.29 is 29.0 Å². The van der Waals surface area contributed by atoms with Gasteiger partial charge in [-0.3, -0.25) is 15.0 Å². The minimum Gasteiger partial charge on any atom is -0.453 e. The van der Waals surface area contributed by atoms with Crippen LogP contribution in [0.2, 0.25) is 0 Å². The maximum atomic E-state index is 12.7. The van der Waals surface area contributed by atoms with E-state index in [0.717, 1.165) is 32.1 Å². The van der Waals surface area contributed by atoms with Gasteiger partial charge in [0, 0.05) is 0 Å². The molecule has 0 radical (unpaired) electrons. The van der Waals surface area contributed by atoms with Gasteiger partial charge < -0.3 is 15.2 Å². The number of hydrazine groups is 1. The second kappa shape index (κ2) is 7.46. The highest BCUT2D eigenvalue weighted by molar-refractivity contribution is 6.08. The average Bonchev–Trinajstić information content (AvgIpc) is 2.87. The van der Waals surface area contributed by atoms with Crippen molar-refractivity contribution in [2.75, 3.05) is 6.61 Å². The third-order valence-electron chi connectivity index (χ3n) is 5.92. The van der Waals surface area contributed by atoms with Gasteiger partial charge >= 0.3 is 12.0 Å². The van der Waals surface area contributed by atoms with E-state index in [0.29, 0.717) is 36.6 Å². The SMILES string of the molecule is CC1CCC2(CC1)NC(=O)N(NC(=O)COC(=O)C1(O)CCCCC1)C2=O. The van der Waals surface area contributed by atoms with E-state index < -0.39 is 41.6 Å². The third-order valence-corrected chi connectivity index (χ3v) is 5.92. The van der Waals surface area contributed by atoms with Gasteiger partial charge in [-0.15, -0.1) is 0 Å². The Kier molecular flexibility index (Phi) is 5.41. The number of rotatable bonds is 4. The molecular formula is C18H27N3O6. The number of nitrogens with zero attached hydrogens (tertiary/aromatic N) is 1. The Morgan fingerprint density at radius 1 is 1.19 bits per heavy atom. The monoisotopic (exact) mass is 381 g/mol. The Balaban J connectivity index is 1.52. The molecule has 0 atom stereocenters. The molecule has 0 aromatic rings. The van der Waals surface area contributed by atoms with Crippen molar-refractivity contribution in [2.24, 2.45) is 5.92 Å². The number of carbonyl (C=O) groups excluding carboxylic acids is 4. The molecule has 9 nitrogen and oxygen atoms in total. The molecule has 3 rings (SSSR count). The van der Waals surface area contributed by atoms with Crippen LogP contribution in [0.15, 0.2) is 0 Å². The van der Waals surface area contributed by atoms with Crippen molar-refractivity contribution in [3.05, 3.63) is 0 Å². The fraction of sp³-hybridized carbons (Fsp3) is 0.778. The Labute approximate surface area is 157 Å². The number of urea groups is 1. The summed E-state index contributed by atoms with van der Waals surface area (Å²) in [5.41, 5.74) is -0.301. The van der Waals surface area contributed by atoms with E-state index in [2.05, 4.69) is 17.7 Å². The molecule has 3 aliphatic rings. The third kappa shape index (κ3) is 3.92. The van der Waals surface area contributed by atoms with Crippen LogP contribution in [0, 0.1) is 5.92 Å². The number of nitrogens with one attached hydrogen (secondary N) is 2. The van der Waals surface area contributed by atoms with Crippen LogP contribution in [0.3, 0.4) is 0 Å². The summed E-state index contributed by atoms with van der Waals surface area (Å²) in [4.78, 5) is 48.9. The predicted molar refractivity (Wildman–Crippen MR) is 92.9 cm³/mol. The summed E-state index contributed by atoms with van der Waals surface area (Å²) < 4.78 is 4.91. The Bertz CT molecular complexity index is 635. The fourth-order valence-corrected chi connectivity index (χ4v) is 4.08. The van der Waals surface area contributed by atoms with Crippen LogP contribution in [0.5, 0.6) is 0 Å². The molecule has 1 saturated heterocycles. The lowest BCUT2D eigenvalue weighted by Crippen LogP contribution is -2.52. The van der Waals surface area contributed by atoms with Crippen molar-refractivity contribution in [3.63, 3.8) is 0 Å². The first-order valence-corrected chi connectivity index (χ1v) is 9.62. The van der Waals surface area contributed by atoms with Gasteiger partial charge in [0.25, 0.3) is 11.8 Å². The van der Waals surface area contributed by atoms with Gasteiger partial charge in [0.05, 0.1) is 0 Å². The lowest BCUT2D eigenvalue weighted by atomic mass is 9.77. The van der Waals surface area contributed by atoms with Gasteiger partial charge in [0.1, 0.15) is 5.54 Å². The Morgan fingerprint density at radius 3 is 2.44 bits per heavy atom. The van der Waals surface area contributed by atoms with Crippen LogP contribution >= 0.6 is 0 Å². The van der Waals surface area contributed by atoms with Crippen LogP contribution in [-0.4, -0.2) is 51.7 Å². The van der Waals surface area contributed by atoms with Crippen molar-refractivity contribution in [1.82, 2.24) is 15.8 Å². The second-order valence-electron chi connectivity index (χ2n) is 8.04. The standard InChI is InChI=1S/C18H27N3O6/c1-12-5-9-17(10-6-12)14(23)21(16(25)19-17)20-13(22)11-27-15(24)18(26)7-3-2-4-8-18/h12,26H,2-11H2,1H3,(H,19,25)(H,20,22). The van der Waals surface area contributed by atoms with E-state index in [9.17, 15) is 24.3 Å². The van der Waals surface area contributed by atoms with Crippen LogP contribution in [0.25, 0.3) is 0 Å². The zero-order chi connectivity index (χ0) is 19.7. The molecule has 3 fully saturated rings. The van der Waals surface area contributed by atoms with E-state index in [1.807, 2.05) is 0 Å². The van der Waals surface area contributed by atoms with Gasteiger partial charge in [-0.1, -0.05) is 13.3 Å². The lowest BCUT2D eigenvalue weighted by Gasteiger charge is -2.33. The van der Waals surface area contributed by atoms with Crippen LogP contribution < -0.4 is 10.7 Å². The Morgan fingerprint density at radius 2 is 1.81 bits per heavy atom. The largest absolute Gasteiger partial charge is 0.453 e. The second-order valence-corrected chi connectivity index (χ2v) is 8.04. The zero-order valence-corrected chi connectivity index (χ0v) is 15.6. The lowest BCUT2D eigenvalue weighted by molar-refractivity contribution is -0.171. The summed E-state index contributed by atoms with van der Waals surface area (Å²) in [5.74, 6) is -1.63. The normalized spacial score (nSPS) is 30.1. The molecule has 3 N–H and O–H groups in total. The number of aliphatic hydroxyl groups is 1. The van der Waals surface area contributed by atoms with Crippen LogP contribution in [0.4, 0.5) is 4.79 Å². The topological polar surface area (TPSA) is 125 Å². The molecule has 0 bridgehead atoms. The summed E-state index contributed by atoms with van der Waals surface area (Å²) in [5, 5.41) is 13.6. The summed E-state index contributed by atoms with van der Waals surface area (Å²) in [7, 11) is 0. The van der Waals surface area contributed by atoms with E-state index in [1.165, 1.54) is 0 Å². The molecule has 1 aliphatic heterocycles. The molecule has 2 aliphatic carbocycles. The molecule has 9 heteroatoms. The quantitative estimate of drug-likeness (QED) is 0.488. The molecule has 0 aromatic heterocycles. The number of carbonyl (C=O) groups is 4. The number of amides is 4. The van der Waals surface area contributed by atoms with Gasteiger partial charge in [0.2, 0.25) is 0 Å². The van der Waals surface area contributed by atoms with E-state index in [1.54, 1.807) is 0 Å². The number of imide groups is 1. The molecule has 1 spiro atoms.